The van der Waals surface area contributed by atoms with Crippen molar-refractivity contribution >= 4 is 17.4 Å². The highest BCUT2D eigenvalue weighted by Gasteiger charge is 2.26. The minimum absolute atomic E-state index is 0.325. The van der Waals surface area contributed by atoms with Gasteiger partial charge in [-0.05, 0) is 26.8 Å². The van der Waals surface area contributed by atoms with E-state index in [1.807, 2.05) is 26.8 Å². The maximum atomic E-state index is 11.1. The van der Waals surface area contributed by atoms with E-state index >= 15 is 0 Å². The predicted octanol–water partition coefficient (Wildman–Crippen LogP) is 2.90. The number of nitriles is 1. The van der Waals surface area contributed by atoms with Gasteiger partial charge in [0.25, 0.3) is 0 Å². The summed E-state index contributed by atoms with van der Waals surface area (Å²) in [7, 11) is 0. The smallest absolute Gasteiger partial charge is 0.408 e. The third kappa shape index (κ3) is 2.97. The van der Waals surface area contributed by atoms with Gasteiger partial charge in [-0.3, -0.25) is 4.90 Å². The molecule has 0 radical (unpaired) electrons. The molecule has 0 unspecified atom stereocenters. The molecule has 1 heterocycles. The van der Waals surface area contributed by atoms with Gasteiger partial charge in [0.15, 0.2) is 0 Å². The molecular formula is C11H14N2O2S. The Bertz CT molecular complexity index is 426. The largest absolute Gasteiger partial charge is 0.465 e. The highest BCUT2D eigenvalue weighted by molar-refractivity contribution is 7.10. The van der Waals surface area contributed by atoms with Crippen molar-refractivity contribution in [3.05, 3.63) is 21.9 Å². The second-order valence-electron chi connectivity index (χ2n) is 4.45. The monoisotopic (exact) mass is 238 g/mol. The fourth-order valence-corrected chi connectivity index (χ4v) is 2.07. The first kappa shape index (κ1) is 12.5. The molecule has 1 rings (SSSR count). The maximum Gasteiger partial charge on any atom is 0.408 e. The Labute approximate surface area is 98.7 Å². The molecule has 86 valence electrons. The Morgan fingerprint density at radius 1 is 1.62 bits per heavy atom. The molecule has 0 atom stereocenters. The van der Waals surface area contributed by atoms with Crippen molar-refractivity contribution in [2.75, 3.05) is 0 Å². The summed E-state index contributed by atoms with van der Waals surface area (Å²) in [5.74, 6) is 0. The number of nitrogens with zero attached hydrogens (tertiary/aromatic N) is 2. The van der Waals surface area contributed by atoms with Crippen molar-refractivity contribution < 1.29 is 9.90 Å². The Hall–Kier alpha value is -1.54. The van der Waals surface area contributed by atoms with Gasteiger partial charge in [-0.15, -0.1) is 11.3 Å². The molecule has 16 heavy (non-hydrogen) atoms. The third-order valence-corrected chi connectivity index (χ3v) is 3.06. The first-order chi connectivity index (χ1) is 7.34. The van der Waals surface area contributed by atoms with Crippen LogP contribution in [0.25, 0.3) is 0 Å². The molecule has 0 aliphatic carbocycles. The zero-order valence-corrected chi connectivity index (χ0v) is 10.3. The normalized spacial score (nSPS) is 10.9. The average molecular weight is 238 g/mol. The zero-order chi connectivity index (χ0) is 12.3. The molecule has 4 nitrogen and oxygen atoms in total. The van der Waals surface area contributed by atoms with Gasteiger partial charge in [-0.1, -0.05) is 0 Å². The third-order valence-electron chi connectivity index (χ3n) is 2.14. The average Bonchev–Trinajstić information content (AvgIpc) is 2.59. The van der Waals surface area contributed by atoms with Gasteiger partial charge < -0.3 is 5.11 Å². The lowest BCUT2D eigenvalue weighted by atomic mass is 10.1. The fraction of sp³-hybridized carbons (Fsp3) is 0.455. The van der Waals surface area contributed by atoms with Crippen LogP contribution in [-0.4, -0.2) is 21.6 Å². The van der Waals surface area contributed by atoms with Crippen LogP contribution in [0.3, 0.4) is 0 Å². The number of carboxylic acid groups (broad SMARTS) is 1. The molecule has 1 amide bonds. The van der Waals surface area contributed by atoms with Crippen LogP contribution < -0.4 is 0 Å². The molecule has 5 heteroatoms. The van der Waals surface area contributed by atoms with E-state index in [-0.39, 0.29) is 0 Å². The van der Waals surface area contributed by atoms with Gasteiger partial charge in [-0.2, -0.15) is 5.26 Å². The summed E-state index contributed by atoms with van der Waals surface area (Å²) in [6, 6.07) is 3.76. The molecule has 0 aliphatic heterocycles. The van der Waals surface area contributed by atoms with Crippen LogP contribution in [0.4, 0.5) is 4.79 Å². The van der Waals surface area contributed by atoms with E-state index in [2.05, 4.69) is 0 Å². The van der Waals surface area contributed by atoms with Crippen molar-refractivity contribution in [1.82, 2.24) is 4.90 Å². The van der Waals surface area contributed by atoms with Gasteiger partial charge in [0.2, 0.25) is 0 Å². The van der Waals surface area contributed by atoms with Crippen molar-refractivity contribution in [1.29, 1.82) is 5.26 Å². The van der Waals surface area contributed by atoms with Gasteiger partial charge in [0, 0.05) is 15.8 Å². The summed E-state index contributed by atoms with van der Waals surface area (Å²) in [4.78, 5) is 13.3. The Morgan fingerprint density at radius 3 is 2.62 bits per heavy atom. The Kier molecular flexibility index (Phi) is 3.55. The first-order valence-corrected chi connectivity index (χ1v) is 5.70. The van der Waals surface area contributed by atoms with E-state index in [0.717, 1.165) is 4.88 Å². The quantitative estimate of drug-likeness (QED) is 0.861. The second kappa shape index (κ2) is 4.54. The molecule has 0 saturated heterocycles. The van der Waals surface area contributed by atoms with Crippen molar-refractivity contribution in [2.24, 2.45) is 0 Å². The van der Waals surface area contributed by atoms with E-state index in [0.29, 0.717) is 12.1 Å². The number of amides is 1. The lowest BCUT2D eigenvalue weighted by Crippen LogP contribution is -2.44. The van der Waals surface area contributed by atoms with Crippen LogP contribution in [0.15, 0.2) is 11.4 Å². The maximum absolute atomic E-state index is 11.1. The summed E-state index contributed by atoms with van der Waals surface area (Å²) in [6.07, 6.45) is -0.945. The summed E-state index contributed by atoms with van der Waals surface area (Å²) in [6.45, 7) is 5.87. The number of hydrogen-bond acceptors (Lipinski definition) is 3. The lowest BCUT2D eigenvalue weighted by Gasteiger charge is -2.32. The van der Waals surface area contributed by atoms with Crippen LogP contribution in [0.5, 0.6) is 0 Å². The molecule has 0 bridgehead atoms. The molecule has 0 fully saturated rings. The molecule has 0 aromatic carbocycles. The number of rotatable bonds is 2. The first-order valence-electron chi connectivity index (χ1n) is 4.82. The highest BCUT2D eigenvalue weighted by Crippen LogP contribution is 2.21. The number of thiophene rings is 1. The van der Waals surface area contributed by atoms with Gasteiger partial charge in [0.05, 0.1) is 12.1 Å². The topological polar surface area (TPSA) is 64.3 Å². The molecule has 1 aromatic heterocycles. The number of hydrogen-bond donors (Lipinski definition) is 1. The van der Waals surface area contributed by atoms with Gasteiger partial charge in [0.1, 0.15) is 6.07 Å². The minimum Gasteiger partial charge on any atom is -0.465 e. The molecular weight excluding hydrogens is 224 g/mol. The zero-order valence-electron chi connectivity index (χ0n) is 9.52. The Balaban J connectivity index is 2.85. The number of carbonyl (C=O) groups is 1. The molecule has 0 saturated carbocycles. The van der Waals surface area contributed by atoms with E-state index < -0.39 is 11.6 Å². The van der Waals surface area contributed by atoms with E-state index in [9.17, 15) is 4.79 Å². The van der Waals surface area contributed by atoms with Crippen LogP contribution in [-0.2, 0) is 6.54 Å². The molecule has 1 aromatic rings. The van der Waals surface area contributed by atoms with Crippen molar-refractivity contribution in [3.63, 3.8) is 0 Å². The highest BCUT2D eigenvalue weighted by atomic mass is 32.1. The van der Waals surface area contributed by atoms with Crippen LogP contribution >= 0.6 is 11.3 Å². The van der Waals surface area contributed by atoms with Crippen LogP contribution in [0, 0.1) is 11.3 Å². The minimum atomic E-state index is -0.945. The fourth-order valence-electron chi connectivity index (χ4n) is 1.27. The predicted molar refractivity (Wildman–Crippen MR) is 62.4 cm³/mol. The van der Waals surface area contributed by atoms with Crippen LogP contribution in [0.2, 0.25) is 0 Å². The summed E-state index contributed by atoms with van der Waals surface area (Å²) < 4.78 is 0. The summed E-state index contributed by atoms with van der Waals surface area (Å²) >= 11 is 1.41. The van der Waals surface area contributed by atoms with Gasteiger partial charge >= 0.3 is 6.09 Å². The van der Waals surface area contributed by atoms with E-state index in [4.69, 9.17) is 10.4 Å². The molecule has 0 spiro atoms. The molecule has 0 aliphatic rings. The lowest BCUT2D eigenvalue weighted by molar-refractivity contribution is 0.0962. The molecule has 1 N–H and O–H groups in total. The van der Waals surface area contributed by atoms with Crippen molar-refractivity contribution in [3.8, 4) is 6.07 Å². The van der Waals surface area contributed by atoms with E-state index in [1.54, 1.807) is 11.4 Å². The summed E-state index contributed by atoms with van der Waals surface area (Å²) in [5, 5.41) is 19.5. The van der Waals surface area contributed by atoms with Crippen molar-refractivity contribution in [2.45, 2.75) is 32.9 Å². The van der Waals surface area contributed by atoms with Gasteiger partial charge in [-0.25, -0.2) is 4.79 Å². The Morgan fingerprint density at radius 2 is 2.25 bits per heavy atom. The second-order valence-corrected chi connectivity index (χ2v) is 5.45. The standard InChI is InChI=1S/C11H14N2O2S/c1-11(2,3)13(10(14)15)6-9-4-8(5-12)7-16-9/h4,7H,6H2,1-3H3,(H,14,15). The van der Waals surface area contributed by atoms with E-state index in [1.165, 1.54) is 16.2 Å². The SMILES string of the molecule is CC(C)(C)N(Cc1cc(C#N)cs1)C(=O)O. The van der Waals surface area contributed by atoms with Crippen LogP contribution in [0.1, 0.15) is 31.2 Å². The summed E-state index contributed by atoms with van der Waals surface area (Å²) in [5.41, 5.74) is 0.141.